The number of aliphatic hydroxyl groups excluding tert-OH is 1. The Balaban J connectivity index is 3.08. The summed E-state index contributed by atoms with van der Waals surface area (Å²) in [5.74, 6) is 0.735. The summed E-state index contributed by atoms with van der Waals surface area (Å²) in [5.41, 5.74) is 7.10. The Morgan fingerprint density at radius 2 is 2.17 bits per heavy atom. The molecule has 1 aromatic rings. The highest BCUT2D eigenvalue weighted by atomic mass is 32.2. The first-order chi connectivity index (χ1) is 11.3. The number of carbonyl (C=O) groups excluding carboxylic acids is 2. The lowest BCUT2D eigenvalue weighted by Gasteiger charge is -2.22. The van der Waals surface area contributed by atoms with Gasteiger partial charge in [-0.2, -0.15) is 0 Å². The largest absolute Gasteiger partial charge is 0.396 e. The van der Waals surface area contributed by atoms with Crippen molar-refractivity contribution in [1.29, 1.82) is 0 Å². The number of amides is 1. The van der Waals surface area contributed by atoms with E-state index >= 15 is 0 Å². The number of rotatable bonds is 8. The molecule has 1 aromatic heterocycles. The fourth-order valence-corrected chi connectivity index (χ4v) is 2.80. The summed E-state index contributed by atoms with van der Waals surface area (Å²) in [7, 11) is 0. The van der Waals surface area contributed by atoms with E-state index in [9.17, 15) is 14.7 Å². The van der Waals surface area contributed by atoms with Gasteiger partial charge in [-0.05, 0) is 13.8 Å². The second-order valence-corrected chi connectivity index (χ2v) is 6.72. The molecule has 7 nitrogen and oxygen atoms in total. The van der Waals surface area contributed by atoms with Crippen molar-refractivity contribution in [1.82, 2.24) is 14.9 Å². The van der Waals surface area contributed by atoms with E-state index in [1.54, 1.807) is 20.0 Å². The number of nitrogens with zero attached hydrogens (tertiary/aromatic N) is 3. The Labute approximate surface area is 146 Å². The monoisotopic (exact) mass is 352 g/mol. The molecule has 0 radical (unpaired) electrons. The quantitative estimate of drug-likeness (QED) is 0.687. The number of nitrogens with two attached hydrogens (primary N) is 1. The summed E-state index contributed by atoms with van der Waals surface area (Å²) in [4.78, 5) is 33.8. The van der Waals surface area contributed by atoms with Crippen LogP contribution in [0.5, 0.6) is 0 Å². The average molecular weight is 352 g/mol. The van der Waals surface area contributed by atoms with Crippen molar-refractivity contribution < 1.29 is 14.7 Å². The number of aromatic nitrogens is 2. The molecule has 0 spiro atoms. The zero-order valence-corrected chi connectivity index (χ0v) is 15.3. The summed E-state index contributed by atoms with van der Waals surface area (Å²) < 4.78 is 0. The van der Waals surface area contributed by atoms with Crippen molar-refractivity contribution in [2.45, 2.75) is 40.7 Å². The van der Waals surface area contributed by atoms with Crippen molar-refractivity contribution >= 4 is 29.1 Å². The summed E-state index contributed by atoms with van der Waals surface area (Å²) >= 11 is 1.06. The van der Waals surface area contributed by atoms with E-state index in [1.807, 2.05) is 13.8 Å². The molecule has 132 valence electrons. The predicted molar refractivity (Wildman–Crippen MR) is 94.6 cm³/mol. The molecule has 0 aromatic carbocycles. The third-order valence-corrected chi connectivity index (χ3v) is 4.77. The van der Waals surface area contributed by atoms with Gasteiger partial charge in [0.05, 0.1) is 6.54 Å². The minimum atomic E-state index is -0.137. The summed E-state index contributed by atoms with van der Waals surface area (Å²) in [6.45, 7) is 7.19. The molecule has 0 bridgehead atoms. The molecule has 0 fully saturated rings. The van der Waals surface area contributed by atoms with E-state index in [2.05, 4.69) is 9.97 Å². The van der Waals surface area contributed by atoms with Crippen LogP contribution in [-0.4, -0.2) is 38.1 Å². The van der Waals surface area contributed by atoms with Crippen LogP contribution in [0.1, 0.15) is 38.6 Å². The van der Waals surface area contributed by atoms with Gasteiger partial charge in [-0.3, -0.25) is 9.59 Å². The number of carbonyl (C=O) groups is 2. The molecule has 0 aliphatic rings. The van der Waals surface area contributed by atoms with Gasteiger partial charge < -0.3 is 15.7 Å². The van der Waals surface area contributed by atoms with Crippen LogP contribution in [0.4, 0.5) is 5.82 Å². The van der Waals surface area contributed by atoms with Crippen LogP contribution in [0.25, 0.3) is 0 Å². The molecule has 1 heterocycles. The smallest absolute Gasteiger partial charge is 0.214 e. The van der Waals surface area contributed by atoms with Crippen molar-refractivity contribution in [2.24, 2.45) is 5.92 Å². The molecule has 1 amide bonds. The standard InChI is InChI=1S/C16H24N4O3S/c1-10(2)16(23)24-14(5-6-21)11(3)20(9-22)8-13-7-18-12(4)19-15(13)17/h7,9-10,21H,5-6,8H2,1-4H3,(H2,17,18,19)/b14-11-. The molecule has 0 saturated heterocycles. The average Bonchev–Trinajstić information content (AvgIpc) is 2.53. The summed E-state index contributed by atoms with van der Waals surface area (Å²) in [6, 6.07) is 0. The normalized spacial score (nSPS) is 12.1. The topological polar surface area (TPSA) is 109 Å². The van der Waals surface area contributed by atoms with Crippen LogP contribution in [0.2, 0.25) is 0 Å². The highest BCUT2D eigenvalue weighted by molar-refractivity contribution is 8.17. The Morgan fingerprint density at radius 1 is 1.50 bits per heavy atom. The van der Waals surface area contributed by atoms with Gasteiger partial charge in [-0.15, -0.1) is 0 Å². The first kappa shape index (κ1) is 20.1. The van der Waals surface area contributed by atoms with E-state index in [-0.39, 0.29) is 24.2 Å². The molecule has 8 heteroatoms. The van der Waals surface area contributed by atoms with Crippen LogP contribution in [0.3, 0.4) is 0 Å². The Hall–Kier alpha value is -1.93. The highest BCUT2D eigenvalue weighted by Gasteiger charge is 2.17. The number of hydrogen-bond donors (Lipinski definition) is 2. The molecular formula is C16H24N4O3S. The molecule has 24 heavy (non-hydrogen) atoms. The third-order valence-electron chi connectivity index (χ3n) is 3.35. The van der Waals surface area contributed by atoms with Gasteiger partial charge in [-0.25, -0.2) is 9.97 Å². The van der Waals surface area contributed by atoms with Crippen LogP contribution in [0, 0.1) is 12.8 Å². The first-order valence-electron chi connectivity index (χ1n) is 7.62. The lowest BCUT2D eigenvalue weighted by molar-refractivity contribution is -0.117. The fourth-order valence-electron chi connectivity index (χ4n) is 1.86. The highest BCUT2D eigenvalue weighted by Crippen LogP contribution is 2.28. The summed E-state index contributed by atoms with van der Waals surface area (Å²) in [6.07, 6.45) is 2.56. The predicted octanol–water partition coefficient (Wildman–Crippen LogP) is 1.86. The summed E-state index contributed by atoms with van der Waals surface area (Å²) in [5, 5.41) is 9.24. The van der Waals surface area contributed by atoms with E-state index < -0.39 is 0 Å². The van der Waals surface area contributed by atoms with E-state index in [0.29, 0.717) is 40.6 Å². The van der Waals surface area contributed by atoms with Crippen LogP contribution in [-0.2, 0) is 16.1 Å². The number of allylic oxidation sites excluding steroid dienone is 1. The second kappa shape index (κ2) is 9.39. The number of aryl methyl sites for hydroxylation is 1. The van der Waals surface area contributed by atoms with Crippen molar-refractivity contribution in [3.63, 3.8) is 0 Å². The van der Waals surface area contributed by atoms with Crippen molar-refractivity contribution in [3.8, 4) is 0 Å². The van der Waals surface area contributed by atoms with Gasteiger partial charge in [0.15, 0.2) is 5.12 Å². The molecular weight excluding hydrogens is 328 g/mol. The minimum absolute atomic E-state index is 0.0122. The maximum absolute atomic E-state index is 12.0. The van der Waals surface area contributed by atoms with Crippen molar-refractivity contribution in [3.05, 3.63) is 28.2 Å². The lowest BCUT2D eigenvalue weighted by atomic mass is 10.2. The maximum atomic E-state index is 12.0. The molecule has 0 aliphatic carbocycles. The van der Waals surface area contributed by atoms with Gasteiger partial charge >= 0.3 is 0 Å². The number of hydrogen-bond acceptors (Lipinski definition) is 7. The third kappa shape index (κ3) is 5.61. The molecule has 0 atom stereocenters. The second-order valence-electron chi connectivity index (χ2n) is 5.62. The number of nitrogen functional groups attached to an aromatic ring is 1. The van der Waals surface area contributed by atoms with Gasteiger partial charge in [0.1, 0.15) is 11.6 Å². The maximum Gasteiger partial charge on any atom is 0.214 e. The van der Waals surface area contributed by atoms with Crippen LogP contribution in [0.15, 0.2) is 16.8 Å². The zero-order valence-electron chi connectivity index (χ0n) is 14.4. The van der Waals surface area contributed by atoms with Gasteiger partial charge in [0.25, 0.3) is 0 Å². The Bertz CT molecular complexity index is 632. The zero-order chi connectivity index (χ0) is 18.3. The van der Waals surface area contributed by atoms with E-state index in [4.69, 9.17) is 5.73 Å². The minimum Gasteiger partial charge on any atom is -0.396 e. The van der Waals surface area contributed by atoms with E-state index in [0.717, 1.165) is 11.8 Å². The number of aliphatic hydroxyl groups is 1. The molecule has 0 aliphatic heterocycles. The van der Waals surface area contributed by atoms with Crippen LogP contribution < -0.4 is 5.73 Å². The number of thioether (sulfide) groups is 1. The molecule has 0 saturated carbocycles. The van der Waals surface area contributed by atoms with Crippen molar-refractivity contribution in [2.75, 3.05) is 12.3 Å². The van der Waals surface area contributed by atoms with E-state index in [1.165, 1.54) is 4.90 Å². The van der Waals surface area contributed by atoms with Gasteiger partial charge in [0.2, 0.25) is 6.41 Å². The van der Waals surface area contributed by atoms with Gasteiger partial charge in [0, 0.05) is 41.3 Å². The SMILES string of the molecule is C/C(=C(\CCO)SC(=O)C(C)C)N(C=O)Cc1cnc(C)nc1N. The Morgan fingerprint density at radius 3 is 2.67 bits per heavy atom. The Kier molecular flexibility index (Phi) is 7.87. The molecule has 0 unspecified atom stereocenters. The lowest BCUT2D eigenvalue weighted by Crippen LogP contribution is -2.22. The van der Waals surface area contributed by atoms with Gasteiger partial charge in [-0.1, -0.05) is 25.6 Å². The first-order valence-corrected chi connectivity index (χ1v) is 8.44. The molecule has 1 rings (SSSR count). The number of anilines is 1. The molecule has 3 N–H and O–H groups in total. The van der Waals surface area contributed by atoms with Crippen LogP contribution >= 0.6 is 11.8 Å². The fraction of sp³-hybridized carbons (Fsp3) is 0.500.